The summed E-state index contributed by atoms with van der Waals surface area (Å²) in [4.78, 5) is 32.1. The quantitative estimate of drug-likeness (QED) is 0.436. The van der Waals surface area contributed by atoms with Crippen molar-refractivity contribution in [3.63, 3.8) is 0 Å². The largest absolute Gasteiger partial charge is 0.539 e. The van der Waals surface area contributed by atoms with E-state index in [0.717, 1.165) is 32.4 Å². The number of ether oxygens (including phenoxy) is 2. The van der Waals surface area contributed by atoms with Crippen molar-refractivity contribution in [3.05, 3.63) is 48.0 Å². The zero-order chi connectivity index (χ0) is 23.5. The number of hydrogen-bond donors (Lipinski definition) is 2. The monoisotopic (exact) mass is 445 g/mol. The van der Waals surface area contributed by atoms with Crippen LogP contribution in [0.25, 0.3) is 10.8 Å². The zero-order valence-corrected chi connectivity index (χ0v) is 18.5. The molecule has 1 fully saturated rings. The average molecular weight is 446 g/mol. The third kappa shape index (κ3) is 8.28. The molecule has 2 aromatic rings. The van der Waals surface area contributed by atoms with Gasteiger partial charge in [0.1, 0.15) is 13.2 Å². The van der Waals surface area contributed by atoms with Crippen molar-refractivity contribution in [2.75, 3.05) is 33.9 Å². The minimum absolute atomic E-state index is 0.0883. The number of carbonyl (C=O) groups excluding carboxylic acids is 2. The number of carboxylic acids is 2. The molecule has 0 spiro atoms. The maximum absolute atomic E-state index is 12.8. The Labute approximate surface area is 187 Å². The number of quaternary nitrogens is 1. The van der Waals surface area contributed by atoms with Crippen molar-refractivity contribution < 1.29 is 39.0 Å². The lowest BCUT2D eigenvalue weighted by atomic mass is 9.90. The van der Waals surface area contributed by atoms with Crippen LogP contribution in [-0.2, 0) is 30.3 Å². The Hall–Kier alpha value is -2.97. The molecular weight excluding hydrogens is 414 g/mol. The predicted molar refractivity (Wildman–Crippen MR) is 116 cm³/mol. The number of carboxylic acid groups (broad SMARTS) is 2. The molecule has 1 heterocycles. The fourth-order valence-corrected chi connectivity index (χ4v) is 3.62. The van der Waals surface area contributed by atoms with Crippen LogP contribution in [0.2, 0.25) is 0 Å². The smallest absolute Gasteiger partial charge is 0.351 e. The van der Waals surface area contributed by atoms with Crippen molar-refractivity contribution in [2.24, 2.45) is 5.92 Å². The van der Waals surface area contributed by atoms with E-state index >= 15 is 0 Å². The Morgan fingerprint density at radius 1 is 1.19 bits per heavy atom. The van der Waals surface area contributed by atoms with E-state index in [0.29, 0.717) is 13.0 Å². The first kappa shape index (κ1) is 25.3. The number of likely N-dealkylation sites (N-methyl/N-ethyl adjacent to an activating group) is 1. The number of nitrogens with one attached hydrogen (secondary N) is 1. The topological polar surface area (TPSA) is 117 Å². The van der Waals surface area contributed by atoms with Crippen LogP contribution in [0.15, 0.2) is 42.5 Å². The van der Waals surface area contributed by atoms with Crippen molar-refractivity contribution in [1.29, 1.82) is 0 Å². The van der Waals surface area contributed by atoms with Crippen LogP contribution in [0.4, 0.5) is 0 Å². The fourth-order valence-electron chi connectivity index (χ4n) is 3.62. The van der Waals surface area contributed by atoms with E-state index in [1.54, 1.807) is 0 Å². The van der Waals surface area contributed by atoms with Gasteiger partial charge in [-0.2, -0.15) is 0 Å². The summed E-state index contributed by atoms with van der Waals surface area (Å²) in [7, 11) is 4.13. The molecule has 2 aromatic carbocycles. The SMILES string of the molecule is C[NH+](C)CCOC(=O)C(Cc1cccc2ccccc12)CC1CCCO1.O=C([O-])C(=O)O. The molecule has 0 aliphatic carbocycles. The molecule has 0 bridgehead atoms. The van der Waals surface area contributed by atoms with Crippen molar-refractivity contribution in [2.45, 2.75) is 31.8 Å². The first-order valence-electron chi connectivity index (χ1n) is 10.8. The third-order valence-electron chi connectivity index (χ3n) is 5.27. The number of rotatable bonds is 8. The summed E-state index contributed by atoms with van der Waals surface area (Å²) in [6.45, 7) is 2.11. The van der Waals surface area contributed by atoms with Gasteiger partial charge < -0.3 is 29.4 Å². The molecule has 0 radical (unpaired) electrons. The van der Waals surface area contributed by atoms with Crippen molar-refractivity contribution in [1.82, 2.24) is 0 Å². The Bertz CT molecular complexity index is 889. The number of esters is 1. The van der Waals surface area contributed by atoms with Crippen LogP contribution in [0, 0.1) is 5.92 Å². The molecule has 2 N–H and O–H groups in total. The maximum atomic E-state index is 12.8. The van der Waals surface area contributed by atoms with Gasteiger partial charge in [-0.3, -0.25) is 4.79 Å². The van der Waals surface area contributed by atoms with Crippen LogP contribution in [-0.4, -0.2) is 63.0 Å². The lowest BCUT2D eigenvalue weighted by molar-refractivity contribution is -0.858. The molecule has 2 atom stereocenters. The highest BCUT2D eigenvalue weighted by Gasteiger charge is 2.27. The van der Waals surface area contributed by atoms with Gasteiger partial charge >= 0.3 is 11.9 Å². The van der Waals surface area contributed by atoms with E-state index in [-0.39, 0.29) is 18.0 Å². The number of benzene rings is 2. The van der Waals surface area contributed by atoms with Gasteiger partial charge in [-0.15, -0.1) is 0 Å². The van der Waals surface area contributed by atoms with Crippen LogP contribution < -0.4 is 10.0 Å². The predicted octanol–water partition coefficient (Wildman–Crippen LogP) is 0.0762. The van der Waals surface area contributed by atoms with Gasteiger partial charge in [-0.05, 0) is 42.0 Å². The summed E-state index contributed by atoms with van der Waals surface area (Å²) in [6, 6.07) is 14.7. The van der Waals surface area contributed by atoms with Crippen LogP contribution in [0.1, 0.15) is 24.8 Å². The normalized spacial score (nSPS) is 16.3. The summed E-state index contributed by atoms with van der Waals surface area (Å²) >= 11 is 0. The van der Waals surface area contributed by atoms with Crippen LogP contribution in [0.3, 0.4) is 0 Å². The van der Waals surface area contributed by atoms with Crippen molar-refractivity contribution in [3.8, 4) is 0 Å². The van der Waals surface area contributed by atoms with Gasteiger partial charge in [-0.1, -0.05) is 42.5 Å². The summed E-state index contributed by atoms with van der Waals surface area (Å²) in [5.41, 5.74) is 1.21. The second-order valence-corrected chi connectivity index (χ2v) is 8.13. The summed E-state index contributed by atoms with van der Waals surface area (Å²) < 4.78 is 11.4. The summed E-state index contributed by atoms with van der Waals surface area (Å²) in [5.74, 6) is -4.25. The highest BCUT2D eigenvalue weighted by Crippen LogP contribution is 2.27. The fraction of sp³-hybridized carbons (Fsp3) is 0.458. The van der Waals surface area contributed by atoms with Gasteiger partial charge in [0.25, 0.3) is 0 Å². The molecule has 0 saturated carbocycles. The molecule has 2 unspecified atom stereocenters. The summed E-state index contributed by atoms with van der Waals surface area (Å²) in [5, 5.41) is 18.8. The van der Waals surface area contributed by atoms with Gasteiger partial charge in [0.05, 0.1) is 26.1 Å². The Morgan fingerprint density at radius 3 is 2.50 bits per heavy atom. The molecule has 32 heavy (non-hydrogen) atoms. The van der Waals surface area contributed by atoms with E-state index in [1.165, 1.54) is 21.2 Å². The average Bonchev–Trinajstić information content (AvgIpc) is 3.26. The molecule has 0 amide bonds. The molecule has 3 rings (SSSR count). The van der Waals surface area contributed by atoms with Gasteiger partial charge in [0.15, 0.2) is 5.97 Å². The maximum Gasteiger partial charge on any atom is 0.351 e. The van der Waals surface area contributed by atoms with Gasteiger partial charge in [0.2, 0.25) is 0 Å². The minimum Gasteiger partial charge on any atom is -0.539 e. The van der Waals surface area contributed by atoms with E-state index in [4.69, 9.17) is 29.3 Å². The number of hydrogen-bond acceptors (Lipinski definition) is 6. The second-order valence-electron chi connectivity index (χ2n) is 8.13. The summed E-state index contributed by atoms with van der Waals surface area (Å²) in [6.07, 6.45) is 3.76. The standard InChI is InChI=1S/C22H29NO3.C2H2O4/c1-23(2)12-14-26-22(24)19(16-20-10-6-13-25-20)15-18-9-5-8-17-7-3-4-11-21(17)18;3-1(4)2(5)6/h3-5,7-9,11,19-20H,6,10,12-16H2,1-2H3;(H,3,4)(H,5,6). The molecule has 1 saturated heterocycles. The first-order chi connectivity index (χ1) is 15.3. The highest BCUT2D eigenvalue weighted by molar-refractivity contribution is 6.26. The zero-order valence-electron chi connectivity index (χ0n) is 18.5. The number of carbonyl (C=O) groups is 3. The van der Waals surface area contributed by atoms with E-state index < -0.39 is 11.9 Å². The molecular formula is C24H31NO7. The van der Waals surface area contributed by atoms with Crippen molar-refractivity contribution >= 4 is 28.7 Å². The van der Waals surface area contributed by atoms with Gasteiger partial charge in [-0.25, -0.2) is 4.79 Å². The lowest BCUT2D eigenvalue weighted by Crippen LogP contribution is -3.06. The molecule has 8 nitrogen and oxygen atoms in total. The molecule has 1 aliphatic rings. The molecule has 0 aromatic heterocycles. The highest BCUT2D eigenvalue weighted by atomic mass is 16.5. The van der Waals surface area contributed by atoms with E-state index in [9.17, 15) is 4.79 Å². The Kier molecular flexibility index (Phi) is 10.1. The lowest BCUT2D eigenvalue weighted by Gasteiger charge is -2.20. The second kappa shape index (κ2) is 12.8. The molecule has 174 valence electrons. The van der Waals surface area contributed by atoms with Gasteiger partial charge in [0, 0.05) is 6.61 Å². The van der Waals surface area contributed by atoms with E-state index in [1.807, 2.05) is 6.07 Å². The minimum atomic E-state index is -2.07. The van der Waals surface area contributed by atoms with Crippen LogP contribution in [0.5, 0.6) is 0 Å². The van der Waals surface area contributed by atoms with E-state index in [2.05, 4.69) is 50.5 Å². The molecule has 8 heteroatoms. The third-order valence-corrected chi connectivity index (χ3v) is 5.27. The number of fused-ring (bicyclic) bond motifs is 1. The molecule has 1 aliphatic heterocycles. The number of aliphatic carboxylic acids is 2. The van der Waals surface area contributed by atoms with Crippen LogP contribution >= 0.6 is 0 Å². The first-order valence-corrected chi connectivity index (χ1v) is 10.8. The Balaban J connectivity index is 0.000000534. The Morgan fingerprint density at radius 2 is 1.88 bits per heavy atom.